The summed E-state index contributed by atoms with van der Waals surface area (Å²) in [5.41, 5.74) is 0. The molecular formula is C13H21O. The van der Waals surface area contributed by atoms with Crippen LogP contribution in [-0.2, 0) is 4.74 Å². The van der Waals surface area contributed by atoms with Gasteiger partial charge in [0.1, 0.15) is 0 Å². The fraction of sp³-hybridized carbons (Fsp3) is 0.923. The number of hydrogen-bond donors (Lipinski definition) is 0. The monoisotopic (exact) mass is 193 g/mol. The smallest absolute Gasteiger partial charge is 0.0844 e. The molecule has 1 heteroatoms. The minimum absolute atomic E-state index is 0.682. The molecule has 2 saturated carbocycles. The van der Waals surface area contributed by atoms with Crippen LogP contribution in [0.25, 0.3) is 0 Å². The van der Waals surface area contributed by atoms with Crippen molar-refractivity contribution >= 4 is 0 Å². The van der Waals surface area contributed by atoms with Crippen molar-refractivity contribution in [2.75, 3.05) is 0 Å². The van der Waals surface area contributed by atoms with E-state index >= 15 is 0 Å². The van der Waals surface area contributed by atoms with E-state index in [1.165, 1.54) is 51.4 Å². The molecular weight excluding hydrogens is 172 g/mol. The molecule has 14 heavy (non-hydrogen) atoms. The van der Waals surface area contributed by atoms with Crippen LogP contribution < -0.4 is 0 Å². The summed E-state index contributed by atoms with van der Waals surface area (Å²) >= 11 is 0. The third-order valence-corrected chi connectivity index (χ3v) is 4.30. The zero-order valence-electron chi connectivity index (χ0n) is 8.95. The highest BCUT2D eigenvalue weighted by Gasteiger charge is 2.43. The lowest BCUT2D eigenvalue weighted by Gasteiger charge is -2.27. The van der Waals surface area contributed by atoms with E-state index in [1.54, 1.807) is 0 Å². The molecule has 1 aliphatic heterocycles. The Balaban J connectivity index is 1.46. The fourth-order valence-electron chi connectivity index (χ4n) is 3.41. The normalized spacial score (nSPS) is 43.3. The second-order valence-corrected chi connectivity index (χ2v) is 5.45. The predicted molar refractivity (Wildman–Crippen MR) is 56.9 cm³/mol. The predicted octanol–water partition coefficient (Wildman–Crippen LogP) is 3.34. The SMILES string of the molecule is [CH]1CCCC(CC2CCC3OC3C2)C1. The van der Waals surface area contributed by atoms with Gasteiger partial charge in [0.25, 0.3) is 0 Å². The van der Waals surface area contributed by atoms with Gasteiger partial charge in [0.2, 0.25) is 0 Å². The summed E-state index contributed by atoms with van der Waals surface area (Å²) < 4.78 is 5.59. The first-order chi connectivity index (χ1) is 6.92. The molecule has 0 amide bonds. The Labute approximate surface area is 87.2 Å². The molecule has 0 bridgehead atoms. The van der Waals surface area contributed by atoms with Crippen molar-refractivity contribution < 1.29 is 4.74 Å². The van der Waals surface area contributed by atoms with Gasteiger partial charge in [-0.25, -0.2) is 0 Å². The van der Waals surface area contributed by atoms with Crippen LogP contribution >= 0.6 is 0 Å². The first-order valence-corrected chi connectivity index (χ1v) is 6.39. The molecule has 3 rings (SSSR count). The molecule has 1 nitrogen and oxygen atoms in total. The van der Waals surface area contributed by atoms with Crippen LogP contribution in [0.15, 0.2) is 0 Å². The van der Waals surface area contributed by atoms with Crippen molar-refractivity contribution in [3.63, 3.8) is 0 Å². The highest BCUT2D eigenvalue weighted by atomic mass is 16.6. The Morgan fingerprint density at radius 3 is 2.86 bits per heavy atom. The van der Waals surface area contributed by atoms with E-state index in [4.69, 9.17) is 4.74 Å². The lowest BCUT2D eigenvalue weighted by atomic mass is 9.78. The van der Waals surface area contributed by atoms with E-state index in [-0.39, 0.29) is 0 Å². The molecule has 4 unspecified atom stereocenters. The van der Waals surface area contributed by atoms with Crippen molar-refractivity contribution in [3.8, 4) is 0 Å². The molecule has 0 aromatic heterocycles. The first-order valence-electron chi connectivity index (χ1n) is 6.39. The van der Waals surface area contributed by atoms with Gasteiger partial charge in [-0.05, 0) is 50.4 Å². The van der Waals surface area contributed by atoms with Gasteiger partial charge >= 0.3 is 0 Å². The van der Waals surface area contributed by atoms with E-state index in [0.29, 0.717) is 12.2 Å². The Morgan fingerprint density at radius 1 is 1.07 bits per heavy atom. The van der Waals surface area contributed by atoms with E-state index in [0.717, 1.165) is 11.8 Å². The van der Waals surface area contributed by atoms with Crippen molar-refractivity contribution in [1.29, 1.82) is 0 Å². The molecule has 1 radical (unpaired) electrons. The third-order valence-electron chi connectivity index (χ3n) is 4.30. The van der Waals surface area contributed by atoms with Gasteiger partial charge in [0.15, 0.2) is 0 Å². The van der Waals surface area contributed by atoms with Gasteiger partial charge in [0, 0.05) is 0 Å². The highest BCUT2D eigenvalue weighted by molar-refractivity contribution is 4.92. The fourth-order valence-corrected chi connectivity index (χ4v) is 3.41. The summed E-state index contributed by atoms with van der Waals surface area (Å²) in [5, 5.41) is 0. The van der Waals surface area contributed by atoms with Crippen molar-refractivity contribution in [2.45, 2.75) is 63.6 Å². The summed E-state index contributed by atoms with van der Waals surface area (Å²) in [6, 6.07) is 0. The molecule has 4 atom stereocenters. The average molecular weight is 193 g/mol. The number of fused-ring (bicyclic) bond motifs is 1. The van der Waals surface area contributed by atoms with E-state index < -0.39 is 0 Å². The maximum atomic E-state index is 5.59. The summed E-state index contributed by atoms with van der Waals surface area (Å²) in [4.78, 5) is 0. The summed E-state index contributed by atoms with van der Waals surface area (Å²) in [5.74, 6) is 2.01. The van der Waals surface area contributed by atoms with Gasteiger partial charge in [-0.15, -0.1) is 0 Å². The minimum atomic E-state index is 0.682. The van der Waals surface area contributed by atoms with Gasteiger partial charge in [0.05, 0.1) is 12.2 Å². The Hall–Kier alpha value is -0.0400. The van der Waals surface area contributed by atoms with Crippen LogP contribution in [0.2, 0.25) is 0 Å². The van der Waals surface area contributed by atoms with E-state index in [9.17, 15) is 0 Å². The van der Waals surface area contributed by atoms with E-state index in [1.807, 2.05) is 0 Å². The molecule has 0 N–H and O–H groups in total. The number of epoxide rings is 1. The van der Waals surface area contributed by atoms with Crippen molar-refractivity contribution in [2.24, 2.45) is 11.8 Å². The van der Waals surface area contributed by atoms with Crippen LogP contribution in [0, 0.1) is 18.3 Å². The first kappa shape index (κ1) is 9.21. The summed E-state index contributed by atoms with van der Waals surface area (Å²) in [7, 11) is 0. The van der Waals surface area contributed by atoms with Crippen LogP contribution in [0.4, 0.5) is 0 Å². The van der Waals surface area contributed by atoms with Gasteiger partial charge in [-0.2, -0.15) is 0 Å². The van der Waals surface area contributed by atoms with Crippen LogP contribution in [0.3, 0.4) is 0 Å². The molecule has 1 heterocycles. The Bertz CT molecular complexity index is 195. The third kappa shape index (κ3) is 1.98. The van der Waals surface area contributed by atoms with Gasteiger partial charge in [-0.1, -0.05) is 19.3 Å². The van der Waals surface area contributed by atoms with Crippen molar-refractivity contribution in [3.05, 3.63) is 6.42 Å². The standard InChI is InChI=1S/C13H21O/c1-2-4-10(5-3-1)8-11-6-7-12-13(9-11)14-12/h2,10-13H,1,3-9H2. The van der Waals surface area contributed by atoms with Gasteiger partial charge < -0.3 is 4.74 Å². The molecule has 2 aliphatic carbocycles. The lowest BCUT2D eigenvalue weighted by molar-refractivity contribution is 0.274. The topological polar surface area (TPSA) is 12.5 Å². The minimum Gasteiger partial charge on any atom is -0.370 e. The maximum absolute atomic E-state index is 5.59. The summed E-state index contributed by atoms with van der Waals surface area (Å²) in [6.45, 7) is 0. The molecule has 79 valence electrons. The number of rotatable bonds is 2. The zero-order valence-corrected chi connectivity index (χ0v) is 8.95. The second kappa shape index (κ2) is 3.84. The number of ether oxygens (including phenoxy) is 1. The van der Waals surface area contributed by atoms with Crippen LogP contribution in [-0.4, -0.2) is 12.2 Å². The lowest BCUT2D eigenvalue weighted by Crippen LogP contribution is -2.18. The van der Waals surface area contributed by atoms with E-state index in [2.05, 4.69) is 6.42 Å². The molecule has 0 aromatic rings. The van der Waals surface area contributed by atoms with Crippen molar-refractivity contribution in [1.82, 2.24) is 0 Å². The maximum Gasteiger partial charge on any atom is 0.0844 e. The number of hydrogen-bond acceptors (Lipinski definition) is 1. The zero-order chi connectivity index (χ0) is 9.38. The van der Waals surface area contributed by atoms with Crippen LogP contribution in [0.5, 0.6) is 0 Å². The molecule has 0 aromatic carbocycles. The van der Waals surface area contributed by atoms with Gasteiger partial charge in [-0.3, -0.25) is 0 Å². The summed E-state index contributed by atoms with van der Waals surface area (Å²) in [6.07, 6.45) is 15.2. The molecule has 3 aliphatic rings. The largest absolute Gasteiger partial charge is 0.370 e. The second-order valence-electron chi connectivity index (χ2n) is 5.45. The molecule has 0 spiro atoms. The average Bonchev–Trinajstić information content (AvgIpc) is 2.97. The molecule has 3 fully saturated rings. The Morgan fingerprint density at radius 2 is 2.07 bits per heavy atom. The highest BCUT2D eigenvalue weighted by Crippen LogP contribution is 2.43. The molecule has 1 saturated heterocycles. The quantitative estimate of drug-likeness (QED) is 0.613. The Kier molecular flexibility index (Phi) is 2.53. The van der Waals surface area contributed by atoms with Crippen LogP contribution in [0.1, 0.15) is 51.4 Å².